The van der Waals surface area contributed by atoms with Gasteiger partial charge in [0.05, 0.1) is 17.3 Å². The normalized spacial score (nSPS) is 11.0. The van der Waals surface area contributed by atoms with Crippen LogP contribution in [0.3, 0.4) is 0 Å². The topological polar surface area (TPSA) is 48.0 Å². The second kappa shape index (κ2) is 6.01. The molecule has 3 rings (SSSR count). The van der Waals surface area contributed by atoms with Gasteiger partial charge in [-0.2, -0.15) is 0 Å². The van der Waals surface area contributed by atoms with Crippen LogP contribution in [0.1, 0.15) is 17.0 Å². The van der Waals surface area contributed by atoms with Gasteiger partial charge >= 0.3 is 0 Å². The first-order valence-electron chi connectivity index (χ1n) is 7.03. The van der Waals surface area contributed by atoms with Gasteiger partial charge in [0, 0.05) is 23.4 Å². The molecule has 0 N–H and O–H groups in total. The van der Waals surface area contributed by atoms with Gasteiger partial charge in [-0.15, -0.1) is 0 Å². The van der Waals surface area contributed by atoms with Crippen LogP contribution in [0.2, 0.25) is 5.02 Å². The predicted molar refractivity (Wildman–Crippen MR) is 86.2 cm³/mol. The van der Waals surface area contributed by atoms with Crippen LogP contribution in [-0.2, 0) is 6.54 Å². The number of nitrogens with zero attached hydrogens (tertiary/aromatic N) is 2. The highest BCUT2D eigenvalue weighted by Crippen LogP contribution is 2.26. The summed E-state index contributed by atoms with van der Waals surface area (Å²) in [6, 6.07) is 7.65. The molecule has 118 valence electrons. The van der Waals surface area contributed by atoms with Crippen molar-refractivity contribution in [3.63, 3.8) is 0 Å². The monoisotopic (exact) mass is 332 g/mol. The lowest BCUT2D eigenvalue weighted by atomic mass is 10.1. The smallest absolute Gasteiger partial charge is 0.250 e. The molecule has 4 nitrogen and oxygen atoms in total. The zero-order valence-electron chi connectivity index (χ0n) is 12.6. The van der Waals surface area contributed by atoms with Gasteiger partial charge in [0.1, 0.15) is 11.6 Å². The summed E-state index contributed by atoms with van der Waals surface area (Å²) in [6.07, 6.45) is 1.74. The Balaban J connectivity index is 2.01. The molecule has 0 saturated heterocycles. The zero-order valence-corrected chi connectivity index (χ0v) is 13.4. The van der Waals surface area contributed by atoms with E-state index in [4.69, 9.17) is 16.1 Å². The maximum absolute atomic E-state index is 13.2. The van der Waals surface area contributed by atoms with Crippen LogP contribution >= 0.6 is 11.6 Å². The molecule has 23 heavy (non-hydrogen) atoms. The molecule has 6 heteroatoms. The SMILES string of the molecule is Cc1noc(C)c1-c1ccc(=O)n(Cc2ccc(F)c(Cl)c2)c1. The van der Waals surface area contributed by atoms with Gasteiger partial charge in [-0.1, -0.05) is 22.8 Å². The minimum atomic E-state index is -0.479. The fraction of sp³-hybridized carbons (Fsp3) is 0.176. The quantitative estimate of drug-likeness (QED) is 0.729. The lowest BCUT2D eigenvalue weighted by molar-refractivity contribution is 0.393. The highest BCUT2D eigenvalue weighted by Gasteiger charge is 2.12. The highest BCUT2D eigenvalue weighted by molar-refractivity contribution is 6.30. The summed E-state index contributed by atoms with van der Waals surface area (Å²) in [4.78, 5) is 12.1. The van der Waals surface area contributed by atoms with Crippen molar-refractivity contribution in [1.29, 1.82) is 0 Å². The van der Waals surface area contributed by atoms with Crippen LogP contribution in [0.15, 0.2) is 45.8 Å². The third-order valence-electron chi connectivity index (χ3n) is 3.64. The van der Waals surface area contributed by atoms with Crippen molar-refractivity contribution >= 4 is 11.6 Å². The molecule has 0 spiro atoms. The van der Waals surface area contributed by atoms with E-state index in [2.05, 4.69) is 5.16 Å². The van der Waals surface area contributed by atoms with Crippen LogP contribution in [0, 0.1) is 19.7 Å². The number of rotatable bonds is 3. The molecule has 3 aromatic rings. The fourth-order valence-corrected chi connectivity index (χ4v) is 2.74. The third-order valence-corrected chi connectivity index (χ3v) is 3.93. The minimum absolute atomic E-state index is 0.0393. The van der Waals surface area contributed by atoms with Crippen molar-refractivity contribution in [1.82, 2.24) is 9.72 Å². The van der Waals surface area contributed by atoms with E-state index in [1.54, 1.807) is 22.9 Å². The van der Waals surface area contributed by atoms with Crippen LogP contribution in [0.5, 0.6) is 0 Å². The summed E-state index contributed by atoms with van der Waals surface area (Å²) in [7, 11) is 0. The summed E-state index contributed by atoms with van der Waals surface area (Å²) < 4.78 is 20.0. The van der Waals surface area contributed by atoms with Gasteiger partial charge < -0.3 is 9.09 Å². The summed E-state index contributed by atoms with van der Waals surface area (Å²) in [5.41, 5.74) is 3.07. The number of halogens is 2. The van der Waals surface area contributed by atoms with Crippen molar-refractivity contribution in [3.8, 4) is 11.1 Å². The molecular weight excluding hydrogens is 319 g/mol. The largest absolute Gasteiger partial charge is 0.361 e. The Hall–Kier alpha value is -2.40. The third kappa shape index (κ3) is 3.05. The first-order valence-corrected chi connectivity index (χ1v) is 7.41. The Labute approximate surface area is 137 Å². The molecule has 2 aromatic heterocycles. The van der Waals surface area contributed by atoms with Crippen molar-refractivity contribution in [3.05, 3.63) is 74.7 Å². The first-order chi connectivity index (χ1) is 11.0. The van der Waals surface area contributed by atoms with Crippen LogP contribution in [0.25, 0.3) is 11.1 Å². The van der Waals surface area contributed by atoms with E-state index < -0.39 is 5.82 Å². The van der Waals surface area contributed by atoms with Gasteiger partial charge in [0.15, 0.2) is 0 Å². The molecule has 0 unspecified atom stereocenters. The molecule has 0 aliphatic heterocycles. The maximum atomic E-state index is 13.2. The van der Waals surface area contributed by atoms with E-state index in [9.17, 15) is 9.18 Å². The van der Waals surface area contributed by atoms with E-state index in [0.29, 0.717) is 12.3 Å². The van der Waals surface area contributed by atoms with Gasteiger partial charge in [-0.25, -0.2) is 4.39 Å². The number of pyridine rings is 1. The Morgan fingerprint density at radius 2 is 2.04 bits per heavy atom. The molecule has 1 aromatic carbocycles. The Bertz CT molecular complexity index is 911. The van der Waals surface area contributed by atoms with E-state index in [-0.39, 0.29) is 10.6 Å². The minimum Gasteiger partial charge on any atom is -0.361 e. The number of aromatic nitrogens is 2. The van der Waals surface area contributed by atoms with Crippen LogP contribution in [-0.4, -0.2) is 9.72 Å². The van der Waals surface area contributed by atoms with Gasteiger partial charge in [0.2, 0.25) is 0 Å². The molecular formula is C17H14ClFN2O2. The lowest BCUT2D eigenvalue weighted by Gasteiger charge is -2.09. The second-order valence-corrected chi connectivity index (χ2v) is 5.74. The molecule has 0 aliphatic carbocycles. The lowest BCUT2D eigenvalue weighted by Crippen LogP contribution is -2.19. The zero-order chi connectivity index (χ0) is 16.6. The molecule has 2 heterocycles. The summed E-state index contributed by atoms with van der Waals surface area (Å²) in [5.74, 6) is 0.213. The Morgan fingerprint density at radius 3 is 2.70 bits per heavy atom. The standard InChI is InChI=1S/C17H14ClFN2O2/c1-10-17(11(2)23-20-10)13-4-6-16(22)21(9-13)8-12-3-5-15(19)14(18)7-12/h3-7,9H,8H2,1-2H3. The summed E-state index contributed by atoms with van der Waals surface area (Å²) in [5, 5.41) is 3.97. The number of aryl methyl sites for hydroxylation is 2. The van der Waals surface area contributed by atoms with E-state index in [0.717, 1.165) is 22.4 Å². The molecule has 0 atom stereocenters. The molecule has 0 amide bonds. The molecule has 0 radical (unpaired) electrons. The highest BCUT2D eigenvalue weighted by atomic mass is 35.5. The number of benzene rings is 1. The van der Waals surface area contributed by atoms with Crippen LogP contribution < -0.4 is 5.56 Å². The average Bonchev–Trinajstić information content (AvgIpc) is 2.85. The van der Waals surface area contributed by atoms with E-state index >= 15 is 0 Å². The van der Waals surface area contributed by atoms with Crippen molar-refractivity contribution in [2.45, 2.75) is 20.4 Å². The Kier molecular flexibility index (Phi) is 4.05. The first kappa shape index (κ1) is 15.5. The van der Waals surface area contributed by atoms with Crippen molar-refractivity contribution < 1.29 is 8.91 Å². The van der Waals surface area contributed by atoms with Gasteiger partial charge in [-0.05, 0) is 37.6 Å². The summed E-state index contributed by atoms with van der Waals surface area (Å²) >= 11 is 5.79. The van der Waals surface area contributed by atoms with Gasteiger partial charge in [-0.3, -0.25) is 4.79 Å². The number of hydrogen-bond acceptors (Lipinski definition) is 3. The summed E-state index contributed by atoms with van der Waals surface area (Å²) in [6.45, 7) is 3.97. The molecule has 0 bridgehead atoms. The maximum Gasteiger partial charge on any atom is 0.250 e. The number of hydrogen-bond donors (Lipinski definition) is 0. The van der Waals surface area contributed by atoms with Crippen molar-refractivity contribution in [2.24, 2.45) is 0 Å². The predicted octanol–water partition coefficient (Wildman–Crippen LogP) is 3.96. The van der Waals surface area contributed by atoms with E-state index in [1.165, 1.54) is 18.2 Å². The molecule has 0 saturated carbocycles. The molecule has 0 aliphatic rings. The molecule has 0 fully saturated rings. The average molecular weight is 333 g/mol. The van der Waals surface area contributed by atoms with Crippen LogP contribution in [0.4, 0.5) is 4.39 Å². The Morgan fingerprint density at radius 1 is 1.26 bits per heavy atom. The second-order valence-electron chi connectivity index (χ2n) is 5.33. The van der Waals surface area contributed by atoms with Crippen molar-refractivity contribution in [2.75, 3.05) is 0 Å². The van der Waals surface area contributed by atoms with E-state index in [1.807, 2.05) is 13.8 Å². The fourth-order valence-electron chi connectivity index (χ4n) is 2.53. The van der Waals surface area contributed by atoms with Gasteiger partial charge in [0.25, 0.3) is 5.56 Å².